The molecule has 0 heterocycles. The van der Waals surface area contributed by atoms with E-state index < -0.39 is 6.09 Å². The molecule has 1 N–H and O–H groups in total. The van der Waals surface area contributed by atoms with Crippen LogP contribution in [0, 0.1) is 16.7 Å². The Morgan fingerprint density at radius 2 is 2.11 bits per heavy atom. The van der Waals surface area contributed by atoms with Gasteiger partial charge in [0.1, 0.15) is 0 Å². The van der Waals surface area contributed by atoms with Crippen LogP contribution in [0.2, 0.25) is 0 Å². The summed E-state index contributed by atoms with van der Waals surface area (Å²) in [6.45, 7) is 10.5. The lowest BCUT2D eigenvalue weighted by molar-refractivity contribution is 0.144. The topological polar surface area (TPSA) is 50.7 Å². The normalized spacial score (nSPS) is 35.2. The minimum absolute atomic E-state index is 0.0606. The van der Waals surface area contributed by atoms with Crippen molar-refractivity contribution in [3.8, 4) is 0 Å². The van der Waals surface area contributed by atoms with E-state index >= 15 is 0 Å². The van der Waals surface area contributed by atoms with Gasteiger partial charge < -0.3 is 5.32 Å². The van der Waals surface area contributed by atoms with Gasteiger partial charge in [-0.2, -0.15) is 0 Å². The molecule has 1 amide bonds. The predicted octanol–water partition coefficient (Wildman–Crippen LogP) is 3.32. The number of nitrogens with zero attached hydrogens (tertiary/aromatic N) is 1. The first kappa shape index (κ1) is 13.4. The fourth-order valence-electron chi connectivity index (χ4n) is 3.62. The van der Waals surface area contributed by atoms with E-state index in [9.17, 15) is 4.79 Å². The van der Waals surface area contributed by atoms with E-state index in [0.29, 0.717) is 5.92 Å². The molecule has 0 saturated heterocycles. The number of fused-ring (bicyclic) bond motifs is 2. The van der Waals surface area contributed by atoms with E-state index in [1.54, 1.807) is 0 Å². The molecule has 18 heavy (non-hydrogen) atoms. The lowest BCUT2D eigenvalue weighted by Crippen LogP contribution is -2.37. The Morgan fingerprint density at radius 1 is 1.44 bits per heavy atom. The second-order valence-electron chi connectivity index (χ2n) is 6.84. The third-order valence-electron chi connectivity index (χ3n) is 4.57. The highest BCUT2D eigenvalue weighted by molar-refractivity contribution is 5.97. The summed E-state index contributed by atoms with van der Waals surface area (Å²) in [5.41, 5.74) is 1.25. The van der Waals surface area contributed by atoms with Crippen LogP contribution in [-0.4, -0.2) is 17.8 Å². The summed E-state index contributed by atoms with van der Waals surface area (Å²) in [6, 6.07) is 0.0707. The van der Waals surface area contributed by atoms with Crippen molar-refractivity contribution in [1.82, 2.24) is 5.32 Å². The van der Waals surface area contributed by atoms with Crippen LogP contribution in [0.3, 0.4) is 0 Å². The van der Waals surface area contributed by atoms with Crippen LogP contribution in [0.25, 0.3) is 0 Å². The molecule has 2 bridgehead atoms. The van der Waals surface area contributed by atoms with Gasteiger partial charge in [-0.25, -0.2) is 4.79 Å². The number of nitrogens with one attached hydrogen (secondary N) is 1. The zero-order chi connectivity index (χ0) is 13.6. The number of hydrogen-bond acceptors (Lipinski definition) is 3. The third-order valence-corrected chi connectivity index (χ3v) is 4.57. The average Bonchev–Trinajstić information content (AvgIpc) is 2.67. The molecule has 4 nitrogen and oxygen atoms in total. The van der Waals surface area contributed by atoms with Crippen LogP contribution < -0.4 is 5.32 Å². The van der Waals surface area contributed by atoms with Crippen molar-refractivity contribution in [3.05, 3.63) is 0 Å². The molecule has 2 fully saturated rings. The summed E-state index contributed by atoms with van der Waals surface area (Å²) in [6.07, 6.45) is 3.14. The van der Waals surface area contributed by atoms with Crippen LogP contribution in [0.1, 0.15) is 53.9 Å². The molecular formula is C14H24N2O2. The van der Waals surface area contributed by atoms with Crippen molar-refractivity contribution in [1.29, 1.82) is 0 Å². The summed E-state index contributed by atoms with van der Waals surface area (Å²) >= 11 is 0. The Bertz CT molecular complexity index is 381. The molecule has 2 saturated carbocycles. The highest BCUT2D eigenvalue weighted by Gasteiger charge is 2.57. The Balaban J connectivity index is 2.10. The number of carbonyl (C=O) groups is 1. The first-order valence-corrected chi connectivity index (χ1v) is 6.82. The molecule has 2 aliphatic carbocycles. The Hall–Kier alpha value is -1.06. The molecular weight excluding hydrogens is 228 g/mol. The maximum atomic E-state index is 11.5. The highest BCUT2D eigenvalue weighted by atomic mass is 16.7. The molecule has 4 heteroatoms. The number of carbonyl (C=O) groups excluding carboxylic acids is 1. The maximum Gasteiger partial charge on any atom is 0.433 e. The van der Waals surface area contributed by atoms with Crippen molar-refractivity contribution in [2.45, 2.75) is 59.9 Å². The minimum Gasteiger partial charge on any atom is -0.317 e. The Labute approximate surface area is 109 Å². The maximum absolute atomic E-state index is 11.5. The van der Waals surface area contributed by atoms with Gasteiger partial charge in [-0.1, -0.05) is 25.9 Å². The Morgan fingerprint density at radius 3 is 2.61 bits per heavy atom. The van der Waals surface area contributed by atoms with Crippen molar-refractivity contribution in [2.24, 2.45) is 21.9 Å². The van der Waals surface area contributed by atoms with Gasteiger partial charge in [0.15, 0.2) is 0 Å². The van der Waals surface area contributed by atoms with Crippen LogP contribution >= 0.6 is 0 Å². The van der Waals surface area contributed by atoms with Crippen molar-refractivity contribution < 1.29 is 9.63 Å². The van der Waals surface area contributed by atoms with Crippen LogP contribution in [0.15, 0.2) is 5.16 Å². The van der Waals surface area contributed by atoms with Gasteiger partial charge in [-0.3, -0.25) is 4.84 Å². The van der Waals surface area contributed by atoms with Gasteiger partial charge in [-0.05, 0) is 39.0 Å². The smallest absolute Gasteiger partial charge is 0.317 e. The summed E-state index contributed by atoms with van der Waals surface area (Å²) in [5.74, 6) is 0.679. The molecule has 0 aromatic heterocycles. The molecule has 2 rings (SSSR count). The van der Waals surface area contributed by atoms with Crippen molar-refractivity contribution >= 4 is 11.8 Å². The van der Waals surface area contributed by atoms with E-state index in [2.05, 4.69) is 31.2 Å². The van der Waals surface area contributed by atoms with Gasteiger partial charge in [0.2, 0.25) is 0 Å². The van der Waals surface area contributed by atoms with Crippen LogP contribution in [-0.2, 0) is 4.84 Å². The monoisotopic (exact) mass is 252 g/mol. The SMILES string of the molecule is CC(C)NC(=O)O/N=C1/C(C)(C)[C@@H]2CC[C@@]1(C)C2. The molecule has 0 unspecified atom stereocenters. The van der Waals surface area contributed by atoms with E-state index in [0.717, 1.165) is 12.1 Å². The lowest BCUT2D eigenvalue weighted by Gasteiger charge is -2.34. The average molecular weight is 252 g/mol. The van der Waals surface area contributed by atoms with Gasteiger partial charge in [0.25, 0.3) is 0 Å². The number of rotatable bonds is 2. The molecule has 0 spiro atoms. The van der Waals surface area contributed by atoms with Crippen LogP contribution in [0.5, 0.6) is 0 Å². The summed E-state index contributed by atoms with van der Waals surface area (Å²) in [7, 11) is 0. The second kappa shape index (κ2) is 4.25. The zero-order valence-corrected chi connectivity index (χ0v) is 12.0. The van der Waals surface area contributed by atoms with Crippen molar-refractivity contribution in [3.63, 3.8) is 0 Å². The quantitative estimate of drug-likeness (QED) is 0.605. The number of amides is 1. The largest absolute Gasteiger partial charge is 0.433 e. The molecule has 0 aromatic rings. The summed E-state index contributed by atoms with van der Waals surface area (Å²) in [5, 5.41) is 6.87. The molecule has 0 aromatic carbocycles. The fourth-order valence-corrected chi connectivity index (χ4v) is 3.62. The second-order valence-corrected chi connectivity index (χ2v) is 6.84. The standard InChI is InChI=1S/C14H24N2O2/c1-9(2)15-12(17)18-16-11-13(3,4)10-6-7-14(11,5)8-10/h9-10H,6-8H2,1-5H3,(H,15,17)/b16-11-/t10-,14+/m1/s1. The van der Waals surface area contributed by atoms with Gasteiger partial charge in [0, 0.05) is 16.9 Å². The third kappa shape index (κ3) is 2.13. The van der Waals surface area contributed by atoms with E-state index in [1.807, 2.05) is 13.8 Å². The van der Waals surface area contributed by atoms with E-state index in [1.165, 1.54) is 12.8 Å². The number of hydrogen-bond donors (Lipinski definition) is 1. The van der Waals surface area contributed by atoms with E-state index in [-0.39, 0.29) is 16.9 Å². The zero-order valence-electron chi connectivity index (χ0n) is 12.0. The molecule has 2 atom stereocenters. The predicted molar refractivity (Wildman–Crippen MR) is 71.4 cm³/mol. The Kier molecular flexibility index (Phi) is 3.16. The molecule has 0 radical (unpaired) electrons. The van der Waals surface area contributed by atoms with Gasteiger partial charge in [0.05, 0.1) is 5.71 Å². The first-order valence-electron chi connectivity index (χ1n) is 6.82. The summed E-state index contributed by atoms with van der Waals surface area (Å²) in [4.78, 5) is 16.5. The van der Waals surface area contributed by atoms with Gasteiger partial charge >= 0.3 is 6.09 Å². The first-order chi connectivity index (χ1) is 8.25. The summed E-state index contributed by atoms with van der Waals surface area (Å²) < 4.78 is 0. The minimum atomic E-state index is -0.459. The fraction of sp³-hybridized carbons (Fsp3) is 0.857. The molecule has 0 aliphatic heterocycles. The van der Waals surface area contributed by atoms with Crippen molar-refractivity contribution in [2.75, 3.05) is 0 Å². The van der Waals surface area contributed by atoms with Gasteiger partial charge in [-0.15, -0.1) is 0 Å². The molecule has 102 valence electrons. The lowest BCUT2D eigenvalue weighted by atomic mass is 9.71. The molecule has 2 aliphatic rings. The highest BCUT2D eigenvalue weighted by Crippen LogP contribution is 2.60. The number of oxime groups is 1. The van der Waals surface area contributed by atoms with E-state index in [4.69, 9.17) is 4.84 Å². The van der Waals surface area contributed by atoms with Crippen LogP contribution in [0.4, 0.5) is 4.79 Å².